The van der Waals surface area contributed by atoms with E-state index >= 15 is 0 Å². The minimum Gasteiger partial charge on any atom is -0.618 e. The smallest absolute Gasteiger partial charge is 0.416 e. The number of benzene rings is 2. The van der Waals surface area contributed by atoms with Gasteiger partial charge in [-0.3, -0.25) is 4.99 Å². The Balaban J connectivity index is 1.98. The molecule has 0 amide bonds. The van der Waals surface area contributed by atoms with Crippen LogP contribution in [0.15, 0.2) is 47.5 Å². The molecular weight excluding hydrogens is 374 g/mol. The van der Waals surface area contributed by atoms with Gasteiger partial charge in [0.15, 0.2) is 0 Å². The second-order valence-electron chi connectivity index (χ2n) is 7.74. The number of fused-ring (bicyclic) bond motifs is 3. The van der Waals surface area contributed by atoms with E-state index in [0.29, 0.717) is 34.9 Å². The van der Waals surface area contributed by atoms with Gasteiger partial charge in [-0.2, -0.15) is 17.9 Å². The van der Waals surface area contributed by atoms with Gasteiger partial charge in [0.25, 0.3) is 5.71 Å². The summed E-state index contributed by atoms with van der Waals surface area (Å²) in [5, 5.41) is 13.1. The fraction of sp³-hybridized carbons (Fsp3) is 0.300. The Morgan fingerprint density at radius 2 is 1.79 bits per heavy atom. The molecule has 2 aliphatic rings. The molecule has 0 bridgehead atoms. The van der Waals surface area contributed by atoms with Gasteiger partial charge in [-0.25, -0.2) is 4.39 Å². The summed E-state index contributed by atoms with van der Waals surface area (Å²) in [5.74, 6) is -0.0888. The molecule has 2 heterocycles. The first kappa shape index (κ1) is 18.5. The second-order valence-corrected chi connectivity index (χ2v) is 7.74. The van der Waals surface area contributed by atoms with Crippen molar-refractivity contribution in [1.29, 1.82) is 0 Å². The zero-order valence-electron chi connectivity index (χ0n) is 15.2. The summed E-state index contributed by atoms with van der Waals surface area (Å²) in [5.41, 5.74) is -0.346. The average Bonchev–Trinajstić information content (AvgIpc) is 2.62. The predicted octanol–water partition coefficient (Wildman–Crippen LogP) is 4.73. The molecule has 0 N–H and O–H groups in total. The first-order valence-electron chi connectivity index (χ1n) is 8.71. The maximum absolute atomic E-state index is 13.3. The highest BCUT2D eigenvalue weighted by Gasteiger charge is 2.42. The van der Waals surface area contributed by atoms with Gasteiger partial charge in [0.1, 0.15) is 11.5 Å². The topological polar surface area (TPSA) is 41.7 Å². The zero-order valence-corrected chi connectivity index (χ0v) is 15.2. The van der Waals surface area contributed by atoms with Crippen molar-refractivity contribution in [3.8, 4) is 0 Å². The Morgan fingerprint density at radius 1 is 1.11 bits per heavy atom. The van der Waals surface area contributed by atoms with E-state index in [-0.39, 0.29) is 16.8 Å². The molecule has 8 heteroatoms. The predicted molar refractivity (Wildman–Crippen MR) is 98.7 cm³/mol. The van der Waals surface area contributed by atoms with E-state index in [0.717, 1.165) is 12.1 Å². The maximum Gasteiger partial charge on any atom is 0.416 e. The fourth-order valence-corrected chi connectivity index (χ4v) is 3.49. The number of hydrogen-bond donors (Lipinski definition) is 0. The van der Waals surface area contributed by atoms with Gasteiger partial charge in [-0.05, 0) is 36.4 Å². The van der Waals surface area contributed by atoms with E-state index in [9.17, 15) is 22.8 Å². The number of alkyl halides is 3. The van der Waals surface area contributed by atoms with Crippen molar-refractivity contribution in [3.05, 3.63) is 64.6 Å². The van der Waals surface area contributed by atoms with Crippen molar-refractivity contribution in [2.75, 3.05) is 18.0 Å². The number of halogens is 4. The quantitative estimate of drug-likeness (QED) is 0.401. The molecular formula is C20H17F4N3O. The molecule has 28 heavy (non-hydrogen) atoms. The van der Waals surface area contributed by atoms with Gasteiger partial charge in [0.2, 0.25) is 11.5 Å². The third-order valence-corrected chi connectivity index (χ3v) is 4.84. The first-order chi connectivity index (χ1) is 13.1. The molecule has 0 radical (unpaired) electrons. The van der Waals surface area contributed by atoms with Crippen molar-refractivity contribution in [2.24, 2.45) is 10.4 Å². The Labute approximate surface area is 159 Å². The molecule has 0 aromatic heterocycles. The van der Waals surface area contributed by atoms with Crippen LogP contribution < -0.4 is 4.90 Å². The Morgan fingerprint density at radius 3 is 2.43 bits per heavy atom. The second kappa shape index (κ2) is 6.05. The van der Waals surface area contributed by atoms with Crippen LogP contribution in [0.5, 0.6) is 0 Å². The number of nitrogens with zero attached hydrogens (tertiary/aromatic N) is 3. The van der Waals surface area contributed by atoms with Gasteiger partial charge >= 0.3 is 6.18 Å². The molecule has 0 spiro atoms. The number of aliphatic imine (C=N–C) groups is 1. The van der Waals surface area contributed by atoms with Crippen LogP contribution in [-0.2, 0) is 6.18 Å². The van der Waals surface area contributed by atoms with Crippen LogP contribution >= 0.6 is 0 Å². The molecule has 0 atom stereocenters. The van der Waals surface area contributed by atoms with Crippen molar-refractivity contribution >= 4 is 22.9 Å². The third-order valence-electron chi connectivity index (χ3n) is 4.84. The lowest BCUT2D eigenvalue weighted by Gasteiger charge is -2.40. The molecule has 2 aromatic carbocycles. The number of amidine groups is 1. The lowest BCUT2D eigenvalue weighted by molar-refractivity contribution is -0.358. The van der Waals surface area contributed by atoms with Crippen LogP contribution in [0.4, 0.5) is 28.9 Å². The number of anilines is 1. The summed E-state index contributed by atoms with van der Waals surface area (Å²) in [6, 6.07) is 8.38. The van der Waals surface area contributed by atoms with Crippen LogP contribution in [0, 0.1) is 16.4 Å². The summed E-state index contributed by atoms with van der Waals surface area (Å²) in [4.78, 5) is 6.32. The number of rotatable bonds is 1. The summed E-state index contributed by atoms with van der Waals surface area (Å²) in [7, 11) is 0. The minimum absolute atomic E-state index is 0.106. The van der Waals surface area contributed by atoms with Crippen LogP contribution in [-0.4, -0.2) is 29.4 Å². The molecule has 4 nitrogen and oxygen atoms in total. The van der Waals surface area contributed by atoms with Gasteiger partial charge in [0, 0.05) is 24.6 Å². The SMILES string of the molecule is CC1(C)CN=C2C(c3ccc(F)cc3)=[N+]([O-])c3cc(C(F)(F)F)ccc3N2C1. The van der Waals surface area contributed by atoms with Gasteiger partial charge < -0.3 is 10.1 Å². The van der Waals surface area contributed by atoms with Crippen molar-refractivity contribution < 1.29 is 22.3 Å². The van der Waals surface area contributed by atoms with Gasteiger partial charge in [-0.15, -0.1) is 0 Å². The fourth-order valence-electron chi connectivity index (χ4n) is 3.49. The summed E-state index contributed by atoms with van der Waals surface area (Å²) in [6.07, 6.45) is -4.57. The van der Waals surface area contributed by atoms with E-state index in [2.05, 4.69) is 4.99 Å². The minimum atomic E-state index is -4.57. The highest BCUT2D eigenvalue weighted by Crippen LogP contribution is 2.41. The monoisotopic (exact) mass is 391 g/mol. The molecule has 0 aliphatic carbocycles. The lowest BCUT2D eigenvalue weighted by Crippen LogP contribution is -2.51. The zero-order chi connectivity index (χ0) is 20.3. The summed E-state index contributed by atoms with van der Waals surface area (Å²) < 4.78 is 53.4. The Bertz CT molecular complexity index is 1010. The normalized spacial score (nSPS) is 18.5. The van der Waals surface area contributed by atoms with E-state index in [1.54, 1.807) is 4.90 Å². The van der Waals surface area contributed by atoms with Gasteiger partial charge in [-0.1, -0.05) is 13.8 Å². The largest absolute Gasteiger partial charge is 0.618 e. The van der Waals surface area contributed by atoms with Crippen LogP contribution in [0.3, 0.4) is 0 Å². The van der Waals surface area contributed by atoms with Crippen molar-refractivity contribution in [3.63, 3.8) is 0 Å². The Hall–Kier alpha value is -2.90. The average molecular weight is 391 g/mol. The van der Waals surface area contributed by atoms with E-state index in [4.69, 9.17) is 0 Å². The maximum atomic E-state index is 13.3. The van der Waals surface area contributed by atoms with Gasteiger partial charge in [0.05, 0.1) is 11.1 Å². The molecule has 0 fully saturated rings. The van der Waals surface area contributed by atoms with Crippen LogP contribution in [0.2, 0.25) is 0 Å². The molecule has 4 rings (SSSR count). The molecule has 146 valence electrons. The molecule has 0 saturated carbocycles. The highest BCUT2D eigenvalue weighted by molar-refractivity contribution is 6.51. The van der Waals surface area contributed by atoms with E-state index in [1.165, 1.54) is 30.3 Å². The Kier molecular flexibility index (Phi) is 3.99. The van der Waals surface area contributed by atoms with E-state index < -0.39 is 17.6 Å². The van der Waals surface area contributed by atoms with E-state index in [1.807, 2.05) is 13.8 Å². The lowest BCUT2D eigenvalue weighted by atomic mass is 9.89. The number of hydrogen-bond acceptors (Lipinski definition) is 3. The molecule has 0 saturated heterocycles. The highest BCUT2D eigenvalue weighted by atomic mass is 19.4. The first-order valence-corrected chi connectivity index (χ1v) is 8.71. The molecule has 2 aromatic rings. The van der Waals surface area contributed by atoms with Crippen LogP contribution in [0.1, 0.15) is 25.0 Å². The standard InChI is InChI=1S/C20H17F4N3O/c1-19(2)10-25-18-17(12-3-6-14(21)7-4-12)27(28)16-9-13(20(22,23)24)5-8-15(16)26(18)11-19/h3-9H,10-11H2,1-2H3. The molecule has 2 aliphatic heterocycles. The summed E-state index contributed by atoms with van der Waals surface area (Å²) in [6.45, 7) is 4.95. The van der Waals surface area contributed by atoms with Crippen molar-refractivity contribution in [1.82, 2.24) is 0 Å². The summed E-state index contributed by atoms with van der Waals surface area (Å²) >= 11 is 0. The van der Waals surface area contributed by atoms with Crippen LogP contribution in [0.25, 0.3) is 0 Å². The third kappa shape index (κ3) is 3.02. The van der Waals surface area contributed by atoms with Crippen molar-refractivity contribution in [2.45, 2.75) is 20.0 Å². The molecule has 0 unspecified atom stereocenters.